The number of nitrogens with zero attached hydrogens (tertiary/aromatic N) is 1. The van der Waals surface area contributed by atoms with Gasteiger partial charge >= 0.3 is 0 Å². The SMILES string of the molecule is CCCCCCCCCCCCCCOc1cccc(CN(C(C)=O)c2cccc(COS(C)(=O)=O)c2)c1. The highest BCUT2D eigenvalue weighted by molar-refractivity contribution is 7.85. The smallest absolute Gasteiger partial charge is 0.264 e. The number of benzene rings is 2. The van der Waals surface area contributed by atoms with E-state index in [1.807, 2.05) is 30.3 Å². The summed E-state index contributed by atoms with van der Waals surface area (Å²) >= 11 is 0. The van der Waals surface area contributed by atoms with Crippen molar-refractivity contribution in [2.75, 3.05) is 17.8 Å². The Bertz CT molecular complexity index is 1050. The number of hydrogen-bond acceptors (Lipinski definition) is 5. The Morgan fingerprint density at radius 1 is 0.789 bits per heavy atom. The van der Waals surface area contributed by atoms with Gasteiger partial charge in [-0.15, -0.1) is 0 Å². The van der Waals surface area contributed by atoms with Crippen LogP contribution in [0.1, 0.15) is 102 Å². The number of amides is 1. The minimum atomic E-state index is -3.54. The molecule has 0 fully saturated rings. The van der Waals surface area contributed by atoms with Crippen LogP contribution >= 0.6 is 0 Å². The molecule has 0 N–H and O–H groups in total. The van der Waals surface area contributed by atoms with Gasteiger partial charge in [0.2, 0.25) is 5.91 Å². The first-order chi connectivity index (χ1) is 18.3. The second kappa shape index (κ2) is 18.0. The molecule has 6 nitrogen and oxygen atoms in total. The third-order valence-electron chi connectivity index (χ3n) is 6.55. The molecule has 212 valence electrons. The molecule has 0 radical (unpaired) electrons. The lowest BCUT2D eigenvalue weighted by atomic mass is 10.1. The molecule has 0 bridgehead atoms. The van der Waals surface area contributed by atoms with Crippen LogP contribution in [0.5, 0.6) is 5.75 Å². The summed E-state index contributed by atoms with van der Waals surface area (Å²) in [7, 11) is -3.54. The molecule has 7 heteroatoms. The zero-order chi connectivity index (χ0) is 27.6. The fourth-order valence-corrected chi connectivity index (χ4v) is 4.77. The average Bonchev–Trinajstić information content (AvgIpc) is 2.88. The molecule has 0 aliphatic heterocycles. The molecular weight excluding hydrogens is 498 g/mol. The molecule has 0 spiro atoms. The molecule has 2 aromatic carbocycles. The fraction of sp³-hybridized carbons (Fsp3) is 0.581. The first-order valence-corrected chi connectivity index (χ1v) is 16.0. The van der Waals surface area contributed by atoms with Gasteiger partial charge in [0.25, 0.3) is 10.1 Å². The van der Waals surface area contributed by atoms with Gasteiger partial charge in [0, 0.05) is 12.6 Å². The summed E-state index contributed by atoms with van der Waals surface area (Å²) in [5, 5.41) is 0. The highest BCUT2D eigenvalue weighted by atomic mass is 32.2. The lowest BCUT2D eigenvalue weighted by molar-refractivity contribution is -0.116. The first kappa shape index (κ1) is 31.8. The molecule has 0 saturated heterocycles. The van der Waals surface area contributed by atoms with Crippen LogP contribution in [-0.4, -0.2) is 27.2 Å². The maximum atomic E-state index is 12.4. The van der Waals surface area contributed by atoms with E-state index in [4.69, 9.17) is 8.92 Å². The van der Waals surface area contributed by atoms with Crippen LogP contribution in [0, 0.1) is 0 Å². The van der Waals surface area contributed by atoms with Crippen molar-refractivity contribution in [2.45, 2.75) is 104 Å². The predicted octanol–water partition coefficient (Wildman–Crippen LogP) is 7.80. The van der Waals surface area contributed by atoms with Crippen LogP contribution in [0.2, 0.25) is 0 Å². The van der Waals surface area contributed by atoms with Gasteiger partial charge < -0.3 is 9.64 Å². The summed E-state index contributed by atoms with van der Waals surface area (Å²) in [6.45, 7) is 4.80. The standard InChI is InChI=1S/C31H47NO5S/c1-4-5-6-7-8-9-10-11-12-13-14-15-22-36-31-21-17-18-28(24-31)25-32(27(2)33)30-20-16-19-29(23-30)26-37-38(3,34)35/h16-21,23-24H,4-15,22,25-26H2,1-3H3. The largest absolute Gasteiger partial charge is 0.494 e. The van der Waals surface area contributed by atoms with E-state index in [0.29, 0.717) is 24.4 Å². The van der Waals surface area contributed by atoms with Crippen LogP contribution in [0.15, 0.2) is 48.5 Å². The van der Waals surface area contributed by atoms with Crippen molar-refractivity contribution in [2.24, 2.45) is 0 Å². The molecule has 0 aliphatic rings. The van der Waals surface area contributed by atoms with Gasteiger partial charge in [-0.1, -0.05) is 102 Å². The second-order valence-corrected chi connectivity index (χ2v) is 11.8. The molecule has 0 heterocycles. The number of unbranched alkanes of at least 4 members (excludes halogenated alkanes) is 11. The predicted molar refractivity (Wildman–Crippen MR) is 156 cm³/mol. The highest BCUT2D eigenvalue weighted by Crippen LogP contribution is 2.22. The molecule has 0 saturated carbocycles. The van der Waals surface area contributed by atoms with E-state index in [9.17, 15) is 13.2 Å². The van der Waals surface area contributed by atoms with Crippen molar-refractivity contribution in [3.63, 3.8) is 0 Å². The molecule has 0 unspecified atom stereocenters. The van der Waals surface area contributed by atoms with Gasteiger partial charge in [0.15, 0.2) is 0 Å². The molecular formula is C31H47NO5S. The number of rotatable bonds is 20. The van der Waals surface area contributed by atoms with E-state index >= 15 is 0 Å². The average molecular weight is 546 g/mol. The van der Waals surface area contributed by atoms with Crippen molar-refractivity contribution < 1.29 is 22.1 Å². The van der Waals surface area contributed by atoms with Crippen molar-refractivity contribution in [3.8, 4) is 5.75 Å². The van der Waals surface area contributed by atoms with Crippen LogP contribution in [0.3, 0.4) is 0 Å². The summed E-state index contributed by atoms with van der Waals surface area (Å²) in [5.41, 5.74) is 2.33. The van der Waals surface area contributed by atoms with Crippen molar-refractivity contribution in [3.05, 3.63) is 59.7 Å². The monoisotopic (exact) mass is 545 g/mol. The summed E-state index contributed by atoms with van der Waals surface area (Å²) in [6, 6.07) is 15.0. The Labute approximate surface area is 230 Å². The summed E-state index contributed by atoms with van der Waals surface area (Å²) in [4.78, 5) is 14.1. The Morgan fingerprint density at radius 2 is 1.37 bits per heavy atom. The van der Waals surface area contributed by atoms with Gasteiger partial charge in [-0.05, 0) is 41.8 Å². The number of hydrogen-bond donors (Lipinski definition) is 0. The number of ether oxygens (including phenoxy) is 1. The lowest BCUT2D eigenvalue weighted by Crippen LogP contribution is -2.27. The van der Waals surface area contributed by atoms with E-state index in [2.05, 4.69) is 6.92 Å². The Morgan fingerprint density at radius 3 is 1.97 bits per heavy atom. The zero-order valence-corrected chi connectivity index (χ0v) is 24.4. The Hall–Kier alpha value is -2.38. The zero-order valence-electron chi connectivity index (χ0n) is 23.6. The summed E-state index contributed by atoms with van der Waals surface area (Å²) in [5.74, 6) is 0.707. The van der Waals surface area contributed by atoms with E-state index in [1.54, 1.807) is 23.1 Å². The van der Waals surface area contributed by atoms with Crippen LogP contribution < -0.4 is 9.64 Å². The number of carbonyl (C=O) groups is 1. The topological polar surface area (TPSA) is 72.9 Å². The normalized spacial score (nSPS) is 11.4. The van der Waals surface area contributed by atoms with Gasteiger partial charge in [-0.2, -0.15) is 8.42 Å². The lowest BCUT2D eigenvalue weighted by Gasteiger charge is -2.22. The van der Waals surface area contributed by atoms with Gasteiger partial charge in [-0.3, -0.25) is 8.98 Å². The maximum Gasteiger partial charge on any atom is 0.264 e. The fourth-order valence-electron chi connectivity index (χ4n) is 4.42. The maximum absolute atomic E-state index is 12.4. The van der Waals surface area contributed by atoms with Gasteiger partial charge in [-0.25, -0.2) is 0 Å². The third kappa shape index (κ3) is 14.0. The first-order valence-electron chi connectivity index (χ1n) is 14.2. The minimum absolute atomic E-state index is 0.0686. The van der Waals surface area contributed by atoms with Gasteiger partial charge in [0.1, 0.15) is 5.75 Å². The third-order valence-corrected chi connectivity index (χ3v) is 7.09. The van der Waals surface area contributed by atoms with Crippen molar-refractivity contribution >= 4 is 21.7 Å². The van der Waals surface area contributed by atoms with E-state index in [1.165, 1.54) is 77.6 Å². The molecule has 0 aromatic heterocycles. The summed E-state index contributed by atoms with van der Waals surface area (Å²) in [6.07, 6.45) is 16.8. The number of carbonyl (C=O) groups excluding carboxylic acids is 1. The van der Waals surface area contributed by atoms with Gasteiger partial charge in [0.05, 0.1) is 26.0 Å². The molecule has 2 rings (SSSR count). The summed E-state index contributed by atoms with van der Waals surface area (Å²) < 4.78 is 33.5. The Kier molecular flexibility index (Phi) is 15.1. The highest BCUT2D eigenvalue weighted by Gasteiger charge is 2.14. The number of anilines is 1. The quantitative estimate of drug-likeness (QED) is 0.125. The molecule has 1 amide bonds. The van der Waals surface area contributed by atoms with Crippen molar-refractivity contribution in [1.82, 2.24) is 0 Å². The Balaban J connectivity index is 1.74. The molecule has 38 heavy (non-hydrogen) atoms. The second-order valence-electron chi connectivity index (χ2n) is 10.1. The molecule has 2 aromatic rings. The van der Waals surface area contributed by atoms with Crippen LogP contribution in [-0.2, 0) is 32.2 Å². The van der Waals surface area contributed by atoms with Crippen LogP contribution in [0.25, 0.3) is 0 Å². The minimum Gasteiger partial charge on any atom is -0.494 e. The van der Waals surface area contributed by atoms with Crippen LogP contribution in [0.4, 0.5) is 5.69 Å². The van der Waals surface area contributed by atoms with Crippen molar-refractivity contribution in [1.29, 1.82) is 0 Å². The molecule has 0 atom stereocenters. The molecule has 0 aliphatic carbocycles. The van der Waals surface area contributed by atoms with E-state index in [0.717, 1.165) is 24.0 Å². The van der Waals surface area contributed by atoms with E-state index in [-0.39, 0.29) is 12.5 Å². The van der Waals surface area contributed by atoms with E-state index < -0.39 is 10.1 Å².